The first-order valence-electron chi connectivity index (χ1n) is 8.89. The van der Waals surface area contributed by atoms with Gasteiger partial charge in [0.15, 0.2) is 5.17 Å². The highest BCUT2D eigenvalue weighted by Crippen LogP contribution is 2.29. The van der Waals surface area contributed by atoms with E-state index in [1.165, 1.54) is 11.8 Å². The zero-order chi connectivity index (χ0) is 20.1. The van der Waals surface area contributed by atoms with Crippen LogP contribution in [0.15, 0.2) is 52.7 Å². The van der Waals surface area contributed by atoms with Gasteiger partial charge in [-0.2, -0.15) is 5.10 Å². The van der Waals surface area contributed by atoms with Gasteiger partial charge in [-0.15, -0.1) is 5.10 Å². The maximum atomic E-state index is 12.6. The van der Waals surface area contributed by atoms with Crippen molar-refractivity contribution in [2.75, 3.05) is 14.2 Å². The van der Waals surface area contributed by atoms with Crippen LogP contribution in [-0.2, 0) is 11.3 Å². The zero-order valence-electron chi connectivity index (χ0n) is 16.4. The second-order valence-corrected chi connectivity index (χ2v) is 7.65. The molecule has 1 aliphatic rings. The number of rotatable bonds is 6. The molecule has 1 heterocycles. The van der Waals surface area contributed by atoms with Crippen molar-refractivity contribution in [3.05, 3.63) is 59.2 Å². The number of thioether (sulfide) groups is 1. The van der Waals surface area contributed by atoms with Crippen molar-refractivity contribution in [2.45, 2.75) is 25.6 Å². The molecule has 146 valence electrons. The smallest absolute Gasteiger partial charge is 0.242 e. The number of carbonyl (C=O) groups is 1. The van der Waals surface area contributed by atoms with Gasteiger partial charge in [-0.05, 0) is 37.1 Å². The molecular formula is C21H23N3O3S. The molecule has 0 aromatic heterocycles. The predicted molar refractivity (Wildman–Crippen MR) is 113 cm³/mol. The van der Waals surface area contributed by atoms with Gasteiger partial charge in [-0.1, -0.05) is 36.0 Å². The van der Waals surface area contributed by atoms with E-state index in [1.54, 1.807) is 31.4 Å². The highest BCUT2D eigenvalue weighted by molar-refractivity contribution is 8.15. The van der Waals surface area contributed by atoms with E-state index in [4.69, 9.17) is 9.47 Å². The number of nitrogens with zero attached hydrogens (tertiary/aromatic N) is 3. The highest BCUT2D eigenvalue weighted by atomic mass is 32.2. The van der Waals surface area contributed by atoms with Crippen molar-refractivity contribution >= 4 is 29.1 Å². The first-order chi connectivity index (χ1) is 13.5. The summed E-state index contributed by atoms with van der Waals surface area (Å²) in [5.41, 5.74) is 3.02. The third-order valence-corrected chi connectivity index (χ3v) is 5.57. The molecular weight excluding hydrogens is 374 g/mol. The van der Waals surface area contributed by atoms with Gasteiger partial charge in [0.1, 0.15) is 11.5 Å². The summed E-state index contributed by atoms with van der Waals surface area (Å²) in [6, 6.07) is 13.5. The molecule has 0 bridgehead atoms. The molecule has 0 spiro atoms. The van der Waals surface area contributed by atoms with Gasteiger partial charge in [0.05, 0.1) is 32.2 Å². The lowest BCUT2D eigenvalue weighted by atomic mass is 10.1. The van der Waals surface area contributed by atoms with Crippen LogP contribution in [-0.4, -0.2) is 41.7 Å². The summed E-state index contributed by atoms with van der Waals surface area (Å²) < 4.78 is 10.6. The van der Waals surface area contributed by atoms with Gasteiger partial charge >= 0.3 is 0 Å². The fraction of sp³-hybridized carbons (Fsp3) is 0.286. The summed E-state index contributed by atoms with van der Waals surface area (Å²) in [6.45, 7) is 4.41. The van der Waals surface area contributed by atoms with Crippen molar-refractivity contribution in [1.82, 2.24) is 4.90 Å². The summed E-state index contributed by atoms with van der Waals surface area (Å²) in [6.07, 6.45) is 1.62. The van der Waals surface area contributed by atoms with Crippen LogP contribution < -0.4 is 9.47 Å². The Kier molecular flexibility index (Phi) is 6.36. The fourth-order valence-corrected chi connectivity index (χ4v) is 3.75. The summed E-state index contributed by atoms with van der Waals surface area (Å²) in [5.74, 6) is 1.39. The molecule has 28 heavy (non-hydrogen) atoms. The van der Waals surface area contributed by atoms with Crippen LogP contribution in [0, 0.1) is 6.92 Å². The van der Waals surface area contributed by atoms with Crippen LogP contribution in [0.1, 0.15) is 23.6 Å². The van der Waals surface area contributed by atoms with Crippen LogP contribution in [0.2, 0.25) is 0 Å². The molecule has 0 unspecified atom stereocenters. The Hall–Kier alpha value is -2.80. The minimum Gasteiger partial charge on any atom is -0.497 e. The Morgan fingerprint density at radius 1 is 1.18 bits per heavy atom. The van der Waals surface area contributed by atoms with Crippen LogP contribution in [0.4, 0.5) is 0 Å². The lowest BCUT2D eigenvalue weighted by molar-refractivity contribution is -0.126. The Bertz CT molecular complexity index is 927. The Morgan fingerprint density at radius 3 is 2.68 bits per heavy atom. The largest absolute Gasteiger partial charge is 0.497 e. The van der Waals surface area contributed by atoms with Gasteiger partial charge in [-0.25, -0.2) is 0 Å². The second kappa shape index (κ2) is 8.93. The van der Waals surface area contributed by atoms with E-state index in [0.717, 1.165) is 16.7 Å². The molecule has 6 nitrogen and oxygen atoms in total. The average Bonchev–Trinajstić information content (AvgIpc) is 2.97. The average molecular weight is 398 g/mol. The topological polar surface area (TPSA) is 63.5 Å². The van der Waals surface area contributed by atoms with E-state index in [2.05, 4.69) is 10.2 Å². The first kappa shape index (κ1) is 19.9. The molecule has 0 aliphatic carbocycles. The molecule has 2 aromatic rings. The van der Waals surface area contributed by atoms with Crippen molar-refractivity contribution in [1.29, 1.82) is 0 Å². The van der Waals surface area contributed by atoms with Crippen molar-refractivity contribution in [2.24, 2.45) is 10.2 Å². The maximum absolute atomic E-state index is 12.6. The molecule has 1 saturated heterocycles. The fourth-order valence-electron chi connectivity index (χ4n) is 2.83. The standard InChI is InChI=1S/C21H23N3O3S/c1-14-7-5-6-8-17(14)13-24-20(25)15(2)28-21(24)23-22-12-16-9-10-18(26-3)11-19(16)27-4/h5-12,15H,13H2,1-4H3/b22-12-,23-21+/t15-/m0/s1. The normalized spacial score (nSPS) is 18.3. The third kappa shape index (κ3) is 4.36. The summed E-state index contributed by atoms with van der Waals surface area (Å²) in [4.78, 5) is 14.3. The van der Waals surface area contributed by atoms with Gasteiger partial charge in [0, 0.05) is 11.6 Å². The minimum atomic E-state index is -0.173. The van der Waals surface area contributed by atoms with E-state index in [1.807, 2.05) is 50.2 Å². The molecule has 0 saturated carbocycles. The van der Waals surface area contributed by atoms with E-state index in [-0.39, 0.29) is 11.2 Å². The number of methoxy groups -OCH3 is 2. The first-order valence-corrected chi connectivity index (χ1v) is 9.77. The predicted octanol–water partition coefficient (Wildman–Crippen LogP) is 3.87. The van der Waals surface area contributed by atoms with E-state index < -0.39 is 0 Å². The maximum Gasteiger partial charge on any atom is 0.242 e. The van der Waals surface area contributed by atoms with E-state index in [0.29, 0.717) is 23.2 Å². The number of amidine groups is 1. The van der Waals surface area contributed by atoms with E-state index in [9.17, 15) is 4.79 Å². The zero-order valence-corrected chi connectivity index (χ0v) is 17.2. The summed E-state index contributed by atoms with van der Waals surface area (Å²) >= 11 is 1.42. The number of hydrogen-bond donors (Lipinski definition) is 0. The van der Waals surface area contributed by atoms with Crippen molar-refractivity contribution in [3.63, 3.8) is 0 Å². The van der Waals surface area contributed by atoms with Crippen LogP contribution in [0.25, 0.3) is 0 Å². The molecule has 0 radical (unpaired) electrons. The lowest BCUT2D eigenvalue weighted by Crippen LogP contribution is -2.31. The highest BCUT2D eigenvalue weighted by Gasteiger charge is 2.35. The second-order valence-electron chi connectivity index (χ2n) is 6.35. The summed E-state index contributed by atoms with van der Waals surface area (Å²) in [7, 11) is 3.20. The van der Waals surface area contributed by atoms with Crippen LogP contribution in [0.3, 0.4) is 0 Å². The monoisotopic (exact) mass is 397 g/mol. The molecule has 1 aliphatic heterocycles. The van der Waals surface area contributed by atoms with E-state index >= 15 is 0 Å². The van der Waals surface area contributed by atoms with Crippen LogP contribution in [0.5, 0.6) is 11.5 Å². The molecule has 3 rings (SSSR count). The number of carbonyl (C=O) groups excluding carboxylic acids is 1. The number of ether oxygens (including phenoxy) is 2. The SMILES string of the molecule is COc1ccc(/C=N\N=C2\S[C@@H](C)C(=O)N2Cc2ccccc2C)c(OC)c1. The Morgan fingerprint density at radius 2 is 1.96 bits per heavy atom. The van der Waals surface area contributed by atoms with Gasteiger partial charge in [0.2, 0.25) is 5.91 Å². The summed E-state index contributed by atoms with van der Waals surface area (Å²) in [5, 5.41) is 8.94. The Labute approximate surface area is 169 Å². The third-order valence-electron chi connectivity index (χ3n) is 4.50. The minimum absolute atomic E-state index is 0.0456. The van der Waals surface area contributed by atoms with Crippen LogP contribution >= 0.6 is 11.8 Å². The molecule has 1 atom stereocenters. The molecule has 7 heteroatoms. The van der Waals surface area contributed by atoms with Gasteiger partial charge < -0.3 is 9.47 Å². The van der Waals surface area contributed by atoms with Gasteiger partial charge in [0.25, 0.3) is 0 Å². The molecule has 0 N–H and O–H groups in total. The number of amides is 1. The number of hydrogen-bond acceptors (Lipinski definition) is 6. The van der Waals surface area contributed by atoms with Gasteiger partial charge in [-0.3, -0.25) is 9.69 Å². The lowest BCUT2D eigenvalue weighted by Gasteiger charge is -2.16. The molecule has 1 fully saturated rings. The molecule has 1 amide bonds. The molecule has 2 aromatic carbocycles. The number of benzene rings is 2. The quantitative estimate of drug-likeness (QED) is 0.548. The van der Waals surface area contributed by atoms with Crippen molar-refractivity contribution in [3.8, 4) is 11.5 Å². The Balaban J connectivity index is 1.82. The number of aryl methyl sites for hydroxylation is 1. The van der Waals surface area contributed by atoms with Crippen molar-refractivity contribution < 1.29 is 14.3 Å².